The van der Waals surface area contributed by atoms with E-state index in [2.05, 4.69) is 17.0 Å². The molecule has 2 aromatic rings. The molecule has 2 fully saturated rings. The lowest BCUT2D eigenvalue weighted by atomic mass is 9.91. The van der Waals surface area contributed by atoms with Gasteiger partial charge in [-0.1, -0.05) is 36.4 Å². The maximum absolute atomic E-state index is 13.5. The Balaban J connectivity index is 1.33. The molecule has 4 nitrogen and oxygen atoms in total. The average Bonchev–Trinajstić information content (AvgIpc) is 3.11. The van der Waals surface area contributed by atoms with Gasteiger partial charge in [-0.3, -0.25) is 4.90 Å². The van der Waals surface area contributed by atoms with Crippen molar-refractivity contribution in [2.75, 3.05) is 19.6 Å². The van der Waals surface area contributed by atoms with Gasteiger partial charge in [-0.2, -0.15) is 0 Å². The minimum absolute atomic E-state index is 0.403. The van der Waals surface area contributed by atoms with Crippen molar-refractivity contribution in [2.24, 2.45) is 11.8 Å². The lowest BCUT2D eigenvalue weighted by molar-refractivity contribution is 0.0328. The molecule has 5 heteroatoms. The van der Waals surface area contributed by atoms with Gasteiger partial charge in [0, 0.05) is 26.1 Å². The van der Waals surface area contributed by atoms with Gasteiger partial charge in [0.15, 0.2) is 11.6 Å². The SMILES string of the molecule is Oc1ccc([C@@H](O)CN2C[C@@H]3CC(O)(Cc4ccccc4)C[C@H]3C2)cc1F. The Hall–Kier alpha value is -1.95. The predicted octanol–water partition coefficient (Wildman–Crippen LogP) is 2.88. The number of hydrogen-bond donors (Lipinski definition) is 3. The van der Waals surface area contributed by atoms with E-state index in [0.717, 1.165) is 25.9 Å². The van der Waals surface area contributed by atoms with E-state index >= 15 is 0 Å². The van der Waals surface area contributed by atoms with E-state index in [0.29, 0.717) is 30.4 Å². The molecule has 0 spiro atoms. The molecule has 144 valence electrons. The first-order valence-electron chi connectivity index (χ1n) is 9.57. The van der Waals surface area contributed by atoms with E-state index in [1.807, 2.05) is 18.2 Å². The number of benzene rings is 2. The fourth-order valence-corrected chi connectivity index (χ4v) is 4.91. The van der Waals surface area contributed by atoms with Crippen molar-refractivity contribution >= 4 is 0 Å². The predicted molar refractivity (Wildman–Crippen MR) is 101 cm³/mol. The lowest BCUT2D eigenvalue weighted by Crippen LogP contribution is -2.33. The van der Waals surface area contributed by atoms with Gasteiger partial charge in [0.25, 0.3) is 0 Å². The first kappa shape index (κ1) is 18.4. The van der Waals surface area contributed by atoms with Crippen LogP contribution in [-0.4, -0.2) is 45.5 Å². The van der Waals surface area contributed by atoms with E-state index in [-0.39, 0.29) is 0 Å². The first-order valence-corrected chi connectivity index (χ1v) is 9.57. The summed E-state index contributed by atoms with van der Waals surface area (Å²) >= 11 is 0. The Morgan fingerprint density at radius 2 is 1.74 bits per heavy atom. The van der Waals surface area contributed by atoms with E-state index < -0.39 is 23.3 Å². The van der Waals surface area contributed by atoms with Gasteiger partial charge in [0.05, 0.1) is 11.7 Å². The summed E-state index contributed by atoms with van der Waals surface area (Å²) in [4.78, 5) is 2.20. The molecule has 0 bridgehead atoms. The summed E-state index contributed by atoms with van der Waals surface area (Å²) in [6.45, 7) is 2.13. The second kappa shape index (κ2) is 7.23. The molecule has 3 atom stereocenters. The van der Waals surface area contributed by atoms with Crippen molar-refractivity contribution in [3.05, 3.63) is 65.5 Å². The summed E-state index contributed by atoms with van der Waals surface area (Å²) in [6.07, 6.45) is 1.47. The van der Waals surface area contributed by atoms with Crippen LogP contribution in [0.15, 0.2) is 48.5 Å². The summed E-state index contributed by atoms with van der Waals surface area (Å²) in [6, 6.07) is 14.1. The van der Waals surface area contributed by atoms with Gasteiger partial charge in [0.1, 0.15) is 0 Å². The maximum atomic E-state index is 13.5. The zero-order valence-electron chi connectivity index (χ0n) is 15.3. The van der Waals surface area contributed by atoms with Gasteiger partial charge < -0.3 is 15.3 Å². The zero-order chi connectivity index (χ0) is 19.0. The third kappa shape index (κ3) is 4.00. The highest BCUT2D eigenvalue weighted by Crippen LogP contribution is 2.45. The molecule has 0 unspecified atom stereocenters. The van der Waals surface area contributed by atoms with Crippen LogP contribution < -0.4 is 0 Å². The van der Waals surface area contributed by atoms with Crippen LogP contribution in [-0.2, 0) is 6.42 Å². The number of aliphatic hydroxyl groups is 2. The molecule has 2 aliphatic rings. The molecule has 0 amide bonds. The minimum atomic E-state index is -0.790. The number of β-amino-alcohol motifs (C(OH)–C–C–N with tert-alkyl or cyclic N) is 1. The molecule has 3 N–H and O–H groups in total. The number of fused-ring (bicyclic) bond motifs is 1. The van der Waals surface area contributed by atoms with Gasteiger partial charge in [-0.05, 0) is 47.9 Å². The number of phenols is 1. The number of likely N-dealkylation sites (tertiary alicyclic amines) is 1. The Morgan fingerprint density at radius 3 is 2.37 bits per heavy atom. The number of nitrogens with zero attached hydrogens (tertiary/aromatic N) is 1. The van der Waals surface area contributed by atoms with Gasteiger partial charge >= 0.3 is 0 Å². The van der Waals surface area contributed by atoms with E-state index in [9.17, 15) is 19.7 Å². The molecule has 1 heterocycles. The Kier molecular flexibility index (Phi) is 4.93. The van der Waals surface area contributed by atoms with Crippen LogP contribution in [0.5, 0.6) is 5.75 Å². The van der Waals surface area contributed by atoms with Crippen molar-refractivity contribution < 1.29 is 19.7 Å². The third-order valence-electron chi connectivity index (χ3n) is 6.10. The molecule has 0 radical (unpaired) electrons. The lowest BCUT2D eigenvalue weighted by Gasteiger charge is -2.27. The summed E-state index contributed by atoms with van der Waals surface area (Å²) < 4.78 is 13.5. The molecule has 4 rings (SSSR count). The van der Waals surface area contributed by atoms with Crippen molar-refractivity contribution in [3.8, 4) is 5.75 Å². The van der Waals surface area contributed by atoms with Crippen LogP contribution >= 0.6 is 0 Å². The second-order valence-electron chi connectivity index (χ2n) is 8.26. The highest BCUT2D eigenvalue weighted by molar-refractivity contribution is 5.29. The van der Waals surface area contributed by atoms with Crippen LogP contribution in [0, 0.1) is 17.7 Å². The Bertz CT molecular complexity index is 783. The third-order valence-corrected chi connectivity index (χ3v) is 6.10. The number of rotatable bonds is 5. The number of hydrogen-bond acceptors (Lipinski definition) is 4. The largest absolute Gasteiger partial charge is 0.505 e. The number of halogens is 1. The summed E-state index contributed by atoms with van der Waals surface area (Å²) in [5, 5.41) is 30.7. The van der Waals surface area contributed by atoms with Crippen LogP contribution in [0.3, 0.4) is 0 Å². The van der Waals surface area contributed by atoms with Crippen LogP contribution in [0.25, 0.3) is 0 Å². The Labute approximate surface area is 158 Å². The topological polar surface area (TPSA) is 63.9 Å². The molecule has 1 aliphatic heterocycles. The van der Waals surface area contributed by atoms with Gasteiger partial charge in [-0.15, -0.1) is 0 Å². The molecular weight excluding hydrogens is 345 g/mol. The fraction of sp³-hybridized carbons (Fsp3) is 0.455. The second-order valence-corrected chi connectivity index (χ2v) is 8.26. The van der Waals surface area contributed by atoms with Crippen LogP contribution in [0.2, 0.25) is 0 Å². The Morgan fingerprint density at radius 1 is 1.07 bits per heavy atom. The van der Waals surface area contributed by atoms with E-state index in [1.54, 1.807) is 6.07 Å². The van der Waals surface area contributed by atoms with E-state index in [1.165, 1.54) is 17.7 Å². The monoisotopic (exact) mass is 371 g/mol. The molecule has 0 aromatic heterocycles. The smallest absolute Gasteiger partial charge is 0.165 e. The van der Waals surface area contributed by atoms with Crippen LogP contribution in [0.4, 0.5) is 4.39 Å². The maximum Gasteiger partial charge on any atom is 0.165 e. The van der Waals surface area contributed by atoms with Crippen molar-refractivity contribution in [1.82, 2.24) is 4.90 Å². The number of aromatic hydroxyl groups is 1. The van der Waals surface area contributed by atoms with Gasteiger partial charge in [-0.25, -0.2) is 4.39 Å². The molecule has 2 aromatic carbocycles. The average molecular weight is 371 g/mol. The zero-order valence-corrected chi connectivity index (χ0v) is 15.3. The van der Waals surface area contributed by atoms with Crippen molar-refractivity contribution in [1.29, 1.82) is 0 Å². The molecule has 1 saturated carbocycles. The highest BCUT2D eigenvalue weighted by Gasteiger charge is 2.48. The molecule has 27 heavy (non-hydrogen) atoms. The quantitative estimate of drug-likeness (QED) is 0.756. The minimum Gasteiger partial charge on any atom is -0.505 e. The summed E-state index contributed by atoms with van der Waals surface area (Å²) in [5.41, 5.74) is 1.01. The van der Waals surface area contributed by atoms with Gasteiger partial charge in [0.2, 0.25) is 0 Å². The summed E-state index contributed by atoms with van der Waals surface area (Å²) in [5.74, 6) is -0.250. The normalized spacial score (nSPS) is 25.4. The number of aliphatic hydroxyl groups excluding tert-OH is 1. The van der Waals surface area contributed by atoms with E-state index in [4.69, 9.17) is 0 Å². The first-order chi connectivity index (χ1) is 12.9. The standard InChI is InChI=1S/C22H26FNO3/c23-19-8-16(6-7-20(19)25)21(26)14-24-12-17-10-22(27,11-18(17)13-24)9-15-4-2-1-3-5-15/h1-8,17-18,21,25-27H,9-14H2/t17-,18-,21-/m0/s1. The number of phenolic OH excluding ortho intramolecular Hbond substituents is 1. The van der Waals surface area contributed by atoms with Crippen molar-refractivity contribution in [2.45, 2.75) is 31.0 Å². The molecular formula is C22H26FNO3. The summed E-state index contributed by atoms with van der Waals surface area (Å²) in [7, 11) is 0. The highest BCUT2D eigenvalue weighted by atomic mass is 19.1. The molecule has 1 saturated heterocycles. The molecule has 1 aliphatic carbocycles. The van der Waals surface area contributed by atoms with Crippen molar-refractivity contribution in [3.63, 3.8) is 0 Å². The fourth-order valence-electron chi connectivity index (χ4n) is 4.91. The van der Waals surface area contributed by atoms with Crippen LogP contribution in [0.1, 0.15) is 30.1 Å².